The Labute approximate surface area is 124 Å². The summed E-state index contributed by atoms with van der Waals surface area (Å²) in [4.78, 5) is 2.68. The fraction of sp³-hybridized carbons (Fsp3) is 0.533. The van der Waals surface area contributed by atoms with Crippen LogP contribution in [0.2, 0.25) is 0 Å². The number of piperidine rings is 1. The molecule has 2 saturated heterocycles. The molecule has 2 atom stereocenters. The van der Waals surface area contributed by atoms with Gasteiger partial charge in [-0.05, 0) is 44.4 Å². The third-order valence-corrected chi connectivity index (χ3v) is 4.64. The molecule has 1 aromatic rings. The van der Waals surface area contributed by atoms with E-state index in [9.17, 15) is 4.39 Å². The highest BCUT2D eigenvalue weighted by Gasteiger charge is 2.31. The van der Waals surface area contributed by atoms with Crippen molar-refractivity contribution in [3.05, 3.63) is 29.6 Å². The zero-order valence-electron chi connectivity index (χ0n) is 11.4. The molecule has 2 aliphatic heterocycles. The molecule has 1 aromatic carbocycles. The molecule has 108 valence electrons. The summed E-state index contributed by atoms with van der Waals surface area (Å²) < 4.78 is 13.9. The first-order valence-corrected chi connectivity index (χ1v) is 7.65. The summed E-state index contributed by atoms with van der Waals surface area (Å²) in [7, 11) is 0. The van der Waals surface area contributed by atoms with E-state index >= 15 is 0 Å². The first-order chi connectivity index (χ1) is 9.65. The van der Waals surface area contributed by atoms with Gasteiger partial charge >= 0.3 is 0 Å². The van der Waals surface area contributed by atoms with E-state index in [-0.39, 0.29) is 10.8 Å². The molecule has 3 rings (SSSR count). The van der Waals surface area contributed by atoms with Crippen molar-refractivity contribution in [1.82, 2.24) is 4.90 Å². The lowest BCUT2D eigenvalue weighted by Crippen LogP contribution is -2.43. The van der Waals surface area contributed by atoms with Gasteiger partial charge in [0.25, 0.3) is 0 Å². The van der Waals surface area contributed by atoms with Crippen molar-refractivity contribution in [3.8, 4) is 0 Å². The predicted octanol–water partition coefficient (Wildman–Crippen LogP) is 2.50. The molecule has 0 bridgehead atoms. The van der Waals surface area contributed by atoms with Crippen LogP contribution in [0.1, 0.15) is 31.2 Å². The molecule has 2 fully saturated rings. The lowest BCUT2D eigenvalue weighted by atomic mass is 9.97. The van der Waals surface area contributed by atoms with E-state index in [4.69, 9.17) is 18.0 Å². The lowest BCUT2D eigenvalue weighted by Gasteiger charge is -2.35. The summed E-state index contributed by atoms with van der Waals surface area (Å²) in [5.41, 5.74) is 6.72. The van der Waals surface area contributed by atoms with Gasteiger partial charge in [0.15, 0.2) is 0 Å². The number of thiocarbonyl (C=S) groups is 1. The van der Waals surface area contributed by atoms with Crippen LogP contribution in [0.15, 0.2) is 18.2 Å². The maximum absolute atomic E-state index is 13.9. The quantitative estimate of drug-likeness (QED) is 0.840. The van der Waals surface area contributed by atoms with Crippen LogP contribution in [-0.4, -0.2) is 35.1 Å². The Balaban J connectivity index is 1.75. The van der Waals surface area contributed by atoms with Crippen molar-refractivity contribution in [1.29, 1.82) is 0 Å². The zero-order valence-corrected chi connectivity index (χ0v) is 12.3. The van der Waals surface area contributed by atoms with E-state index in [1.54, 1.807) is 6.07 Å². The highest BCUT2D eigenvalue weighted by molar-refractivity contribution is 7.80. The summed E-state index contributed by atoms with van der Waals surface area (Å²) in [6.45, 7) is 2.36. The van der Waals surface area contributed by atoms with E-state index in [1.807, 2.05) is 6.07 Å². The number of hydrogen-bond donors (Lipinski definition) is 2. The number of nitrogens with two attached hydrogens (primary N) is 1. The highest BCUT2D eigenvalue weighted by Crippen LogP contribution is 2.29. The number of halogens is 1. The van der Waals surface area contributed by atoms with Crippen LogP contribution >= 0.6 is 12.2 Å². The minimum absolute atomic E-state index is 0.115. The minimum atomic E-state index is -0.346. The van der Waals surface area contributed by atoms with Crippen LogP contribution in [0.25, 0.3) is 0 Å². The molecular weight excluding hydrogens is 273 g/mol. The van der Waals surface area contributed by atoms with Crippen LogP contribution in [0, 0.1) is 5.82 Å². The maximum atomic E-state index is 13.9. The SMILES string of the molecule is NC(=S)c1c(F)cccc1NC1CCN2CCCC2C1. The third kappa shape index (κ3) is 2.65. The monoisotopic (exact) mass is 293 g/mol. The number of anilines is 1. The molecule has 5 heteroatoms. The van der Waals surface area contributed by atoms with Gasteiger partial charge in [-0.3, -0.25) is 0 Å². The molecule has 2 unspecified atom stereocenters. The smallest absolute Gasteiger partial charge is 0.135 e. The second-order valence-electron chi connectivity index (χ2n) is 5.72. The standard InChI is InChI=1S/C15H20FN3S/c16-12-4-1-5-13(14(12)15(17)20)18-10-6-8-19-7-2-3-11(19)9-10/h1,4-5,10-11,18H,2-3,6-9H2,(H2,17,20). The van der Waals surface area contributed by atoms with Crippen molar-refractivity contribution in [2.24, 2.45) is 5.73 Å². The van der Waals surface area contributed by atoms with Gasteiger partial charge in [-0.25, -0.2) is 4.39 Å². The van der Waals surface area contributed by atoms with E-state index in [0.29, 0.717) is 17.6 Å². The average molecular weight is 293 g/mol. The van der Waals surface area contributed by atoms with E-state index < -0.39 is 0 Å². The van der Waals surface area contributed by atoms with Gasteiger partial charge < -0.3 is 16.0 Å². The minimum Gasteiger partial charge on any atom is -0.389 e. The van der Waals surface area contributed by atoms with Crippen LogP contribution in [0.3, 0.4) is 0 Å². The van der Waals surface area contributed by atoms with Crippen LogP contribution < -0.4 is 11.1 Å². The van der Waals surface area contributed by atoms with Crippen molar-refractivity contribution in [2.45, 2.75) is 37.8 Å². The Morgan fingerprint density at radius 1 is 1.35 bits per heavy atom. The number of rotatable bonds is 3. The van der Waals surface area contributed by atoms with Crippen molar-refractivity contribution >= 4 is 22.9 Å². The highest BCUT2D eigenvalue weighted by atomic mass is 32.1. The second kappa shape index (κ2) is 5.66. The van der Waals surface area contributed by atoms with E-state index in [1.165, 1.54) is 25.5 Å². The fourth-order valence-electron chi connectivity index (χ4n) is 3.47. The molecule has 2 heterocycles. The molecule has 20 heavy (non-hydrogen) atoms. The molecule has 3 N–H and O–H groups in total. The summed E-state index contributed by atoms with van der Waals surface area (Å²) in [6, 6.07) is 6.02. The maximum Gasteiger partial charge on any atom is 0.135 e. The molecule has 0 spiro atoms. The van der Waals surface area contributed by atoms with E-state index in [2.05, 4.69) is 10.2 Å². The molecule has 2 aliphatic rings. The number of nitrogens with one attached hydrogen (secondary N) is 1. The topological polar surface area (TPSA) is 41.3 Å². The molecule has 0 radical (unpaired) electrons. The summed E-state index contributed by atoms with van der Waals surface area (Å²) >= 11 is 4.97. The van der Waals surface area contributed by atoms with Crippen molar-refractivity contribution in [3.63, 3.8) is 0 Å². The van der Waals surface area contributed by atoms with Gasteiger partial charge in [-0.15, -0.1) is 0 Å². The van der Waals surface area contributed by atoms with Gasteiger partial charge in [0.2, 0.25) is 0 Å². The Morgan fingerprint density at radius 2 is 2.20 bits per heavy atom. The van der Waals surface area contributed by atoms with Gasteiger partial charge in [-0.1, -0.05) is 18.3 Å². The second-order valence-corrected chi connectivity index (χ2v) is 6.16. The van der Waals surface area contributed by atoms with Crippen LogP contribution in [-0.2, 0) is 0 Å². The molecule has 0 aromatic heterocycles. The summed E-state index contributed by atoms with van der Waals surface area (Å²) in [5, 5.41) is 3.45. The lowest BCUT2D eigenvalue weighted by molar-refractivity contribution is 0.188. The van der Waals surface area contributed by atoms with E-state index in [0.717, 1.165) is 25.1 Å². The average Bonchev–Trinajstić information content (AvgIpc) is 2.85. The Hall–Kier alpha value is -1.20. The van der Waals surface area contributed by atoms with Crippen LogP contribution in [0.5, 0.6) is 0 Å². The molecule has 0 saturated carbocycles. The largest absolute Gasteiger partial charge is 0.389 e. The number of nitrogens with zero attached hydrogens (tertiary/aromatic N) is 1. The van der Waals surface area contributed by atoms with Crippen LogP contribution in [0.4, 0.5) is 10.1 Å². The molecule has 3 nitrogen and oxygen atoms in total. The van der Waals surface area contributed by atoms with Crippen molar-refractivity contribution < 1.29 is 4.39 Å². The molecule has 0 aliphatic carbocycles. The Morgan fingerprint density at radius 3 is 3.00 bits per heavy atom. The number of hydrogen-bond acceptors (Lipinski definition) is 3. The number of fused-ring (bicyclic) bond motifs is 1. The predicted molar refractivity (Wildman–Crippen MR) is 83.5 cm³/mol. The van der Waals surface area contributed by atoms with Crippen molar-refractivity contribution in [2.75, 3.05) is 18.4 Å². The first-order valence-electron chi connectivity index (χ1n) is 7.24. The van der Waals surface area contributed by atoms with Gasteiger partial charge in [-0.2, -0.15) is 0 Å². The van der Waals surface area contributed by atoms with Gasteiger partial charge in [0.1, 0.15) is 10.8 Å². The Kier molecular flexibility index (Phi) is 3.89. The third-order valence-electron chi connectivity index (χ3n) is 4.44. The zero-order chi connectivity index (χ0) is 14.1. The normalized spacial score (nSPS) is 26.2. The first kappa shape index (κ1) is 13.8. The molecule has 0 amide bonds. The van der Waals surface area contributed by atoms with Gasteiger partial charge in [0, 0.05) is 24.3 Å². The number of benzene rings is 1. The van der Waals surface area contributed by atoms with Gasteiger partial charge in [0.05, 0.1) is 5.56 Å². The molecular formula is C15H20FN3S. The Bertz CT molecular complexity index is 520. The summed E-state index contributed by atoms with van der Waals surface area (Å²) in [6.07, 6.45) is 4.79. The summed E-state index contributed by atoms with van der Waals surface area (Å²) in [5.74, 6) is -0.346. The fourth-order valence-corrected chi connectivity index (χ4v) is 3.68.